The van der Waals surface area contributed by atoms with Gasteiger partial charge in [0.05, 0.1) is 64.7 Å². The lowest BCUT2D eigenvalue weighted by Gasteiger charge is -2.49. The molecule has 3 atom stereocenters. The van der Waals surface area contributed by atoms with Crippen LogP contribution in [-0.2, 0) is 4.79 Å². The molecule has 0 spiro atoms. The van der Waals surface area contributed by atoms with Crippen LogP contribution in [0, 0.1) is 5.92 Å². The zero-order chi connectivity index (χ0) is 22.8. The molecule has 0 saturated carbocycles. The summed E-state index contributed by atoms with van der Waals surface area (Å²) in [6.07, 6.45) is 1.90. The Balaban J connectivity index is 1.79. The number of methoxy groups -OCH3 is 4. The van der Waals surface area contributed by atoms with E-state index >= 15 is 0 Å². The zero-order valence-electron chi connectivity index (χ0n) is 18.3. The number of amides is 1. The largest absolute Gasteiger partial charge is 0.497 e. The molecule has 32 heavy (non-hydrogen) atoms. The monoisotopic (exact) mass is 439 g/mol. The number of nitrogens with zero attached hydrogens (tertiary/aromatic N) is 1. The SMILES string of the molecule is COc1ccc([C@@H]2[C@@H](C(O)c3ccoc3)C(=O)N2c2cc(OC)c(OC)c(OC)c2)cc1. The Bertz CT molecular complexity index is 1050. The van der Waals surface area contributed by atoms with E-state index in [0.717, 1.165) is 5.56 Å². The number of hydrogen-bond acceptors (Lipinski definition) is 7. The molecule has 1 aliphatic rings. The van der Waals surface area contributed by atoms with Gasteiger partial charge >= 0.3 is 0 Å². The average molecular weight is 439 g/mol. The Morgan fingerprint density at radius 3 is 2.09 bits per heavy atom. The van der Waals surface area contributed by atoms with Gasteiger partial charge in [0.2, 0.25) is 11.7 Å². The number of hydrogen-bond donors (Lipinski definition) is 1. The molecular weight excluding hydrogens is 414 g/mol. The number of carbonyl (C=O) groups is 1. The smallest absolute Gasteiger partial charge is 0.236 e. The molecule has 1 unspecified atom stereocenters. The predicted octanol–water partition coefficient (Wildman–Crippen LogP) is 3.75. The van der Waals surface area contributed by atoms with E-state index in [0.29, 0.717) is 34.2 Å². The molecule has 1 N–H and O–H groups in total. The molecule has 168 valence electrons. The quantitative estimate of drug-likeness (QED) is 0.535. The molecule has 1 aliphatic heterocycles. The van der Waals surface area contributed by atoms with Gasteiger partial charge in [-0.05, 0) is 23.8 Å². The van der Waals surface area contributed by atoms with Gasteiger partial charge in [0.1, 0.15) is 5.75 Å². The summed E-state index contributed by atoms with van der Waals surface area (Å²) in [5.41, 5.74) is 1.97. The lowest BCUT2D eigenvalue weighted by Crippen LogP contribution is -2.57. The minimum absolute atomic E-state index is 0.228. The summed E-state index contributed by atoms with van der Waals surface area (Å²) in [6, 6.07) is 12.1. The Labute approximate surface area is 185 Å². The van der Waals surface area contributed by atoms with Crippen LogP contribution in [0.1, 0.15) is 23.3 Å². The van der Waals surface area contributed by atoms with Crippen molar-refractivity contribution in [1.82, 2.24) is 0 Å². The van der Waals surface area contributed by atoms with E-state index in [1.165, 1.54) is 33.9 Å². The number of anilines is 1. The summed E-state index contributed by atoms with van der Waals surface area (Å²) in [4.78, 5) is 15.0. The number of β-lactam (4-membered cyclic amide) rings is 1. The number of aliphatic hydroxyl groups is 1. The molecule has 2 heterocycles. The normalized spacial score (nSPS) is 18.7. The van der Waals surface area contributed by atoms with Gasteiger partial charge in [-0.1, -0.05) is 12.1 Å². The summed E-state index contributed by atoms with van der Waals surface area (Å²) >= 11 is 0. The zero-order valence-corrected chi connectivity index (χ0v) is 18.3. The number of carbonyl (C=O) groups excluding carboxylic acids is 1. The molecule has 0 radical (unpaired) electrons. The molecule has 2 aromatic carbocycles. The van der Waals surface area contributed by atoms with Crippen molar-refractivity contribution in [2.75, 3.05) is 33.3 Å². The van der Waals surface area contributed by atoms with E-state index in [1.807, 2.05) is 24.3 Å². The van der Waals surface area contributed by atoms with E-state index in [-0.39, 0.29) is 5.91 Å². The van der Waals surface area contributed by atoms with Crippen molar-refractivity contribution in [1.29, 1.82) is 0 Å². The van der Waals surface area contributed by atoms with Crippen molar-refractivity contribution in [3.8, 4) is 23.0 Å². The highest BCUT2D eigenvalue weighted by molar-refractivity contribution is 6.04. The summed E-state index contributed by atoms with van der Waals surface area (Å²) in [7, 11) is 6.15. The first kappa shape index (κ1) is 21.6. The van der Waals surface area contributed by atoms with Gasteiger partial charge in [-0.15, -0.1) is 0 Å². The molecule has 1 fully saturated rings. The number of benzene rings is 2. The minimum Gasteiger partial charge on any atom is -0.497 e. The molecule has 3 aromatic rings. The highest BCUT2D eigenvalue weighted by Gasteiger charge is 2.53. The summed E-state index contributed by atoms with van der Waals surface area (Å²) in [5, 5.41) is 11.0. The van der Waals surface area contributed by atoms with Crippen LogP contribution < -0.4 is 23.8 Å². The molecule has 4 rings (SSSR count). The van der Waals surface area contributed by atoms with Crippen molar-refractivity contribution in [2.24, 2.45) is 5.92 Å². The maximum absolute atomic E-state index is 13.4. The topological polar surface area (TPSA) is 90.6 Å². The molecule has 1 saturated heterocycles. The number of furan rings is 1. The maximum Gasteiger partial charge on any atom is 0.236 e. The fourth-order valence-electron chi connectivity index (χ4n) is 4.12. The molecule has 1 aromatic heterocycles. The molecule has 1 amide bonds. The molecule has 0 aliphatic carbocycles. The van der Waals surface area contributed by atoms with E-state index in [1.54, 1.807) is 30.2 Å². The average Bonchev–Trinajstić information content (AvgIpc) is 3.37. The Hall–Kier alpha value is -3.65. The third kappa shape index (κ3) is 3.52. The fourth-order valence-corrected chi connectivity index (χ4v) is 4.12. The van der Waals surface area contributed by atoms with Crippen molar-refractivity contribution in [2.45, 2.75) is 12.1 Å². The van der Waals surface area contributed by atoms with Crippen LogP contribution in [0.3, 0.4) is 0 Å². The van der Waals surface area contributed by atoms with Crippen molar-refractivity contribution in [3.05, 3.63) is 66.1 Å². The van der Waals surface area contributed by atoms with Crippen molar-refractivity contribution >= 4 is 11.6 Å². The van der Waals surface area contributed by atoms with Gasteiger partial charge in [-0.2, -0.15) is 0 Å². The number of ether oxygens (including phenoxy) is 4. The van der Waals surface area contributed by atoms with Crippen LogP contribution in [0.2, 0.25) is 0 Å². The van der Waals surface area contributed by atoms with Crippen LogP contribution in [0.4, 0.5) is 5.69 Å². The first-order valence-electron chi connectivity index (χ1n) is 10.0. The second-order valence-corrected chi connectivity index (χ2v) is 7.34. The first-order chi connectivity index (χ1) is 15.5. The predicted molar refractivity (Wildman–Crippen MR) is 116 cm³/mol. The third-order valence-corrected chi connectivity index (χ3v) is 5.75. The van der Waals surface area contributed by atoms with Crippen molar-refractivity contribution < 1.29 is 33.3 Å². The summed E-state index contributed by atoms with van der Waals surface area (Å²) in [6.45, 7) is 0. The number of aliphatic hydroxyl groups excluding tert-OH is 1. The lowest BCUT2D eigenvalue weighted by molar-refractivity contribution is -0.136. The molecule has 8 heteroatoms. The van der Waals surface area contributed by atoms with E-state index in [9.17, 15) is 9.90 Å². The molecule has 8 nitrogen and oxygen atoms in total. The van der Waals surface area contributed by atoms with Crippen LogP contribution in [-0.4, -0.2) is 39.5 Å². The van der Waals surface area contributed by atoms with Gasteiger partial charge in [0, 0.05) is 17.7 Å². The second-order valence-electron chi connectivity index (χ2n) is 7.34. The number of rotatable bonds is 8. The third-order valence-electron chi connectivity index (χ3n) is 5.75. The summed E-state index contributed by atoms with van der Waals surface area (Å²) < 4.78 is 26.7. The van der Waals surface area contributed by atoms with E-state index in [4.69, 9.17) is 23.4 Å². The van der Waals surface area contributed by atoms with Crippen LogP contribution >= 0.6 is 0 Å². The fraction of sp³-hybridized carbons (Fsp3) is 0.292. The van der Waals surface area contributed by atoms with Crippen molar-refractivity contribution in [3.63, 3.8) is 0 Å². The Morgan fingerprint density at radius 2 is 1.59 bits per heavy atom. The van der Waals surface area contributed by atoms with Gasteiger partial charge in [0.25, 0.3) is 0 Å². The minimum atomic E-state index is -1.02. The van der Waals surface area contributed by atoms with E-state index in [2.05, 4.69) is 0 Å². The first-order valence-corrected chi connectivity index (χ1v) is 10.0. The van der Waals surface area contributed by atoms with Gasteiger partial charge in [-0.25, -0.2) is 0 Å². The molecular formula is C24H25NO7. The highest BCUT2D eigenvalue weighted by Crippen LogP contribution is 2.51. The Kier molecular flexibility index (Phi) is 5.96. The lowest BCUT2D eigenvalue weighted by atomic mass is 9.76. The maximum atomic E-state index is 13.4. The van der Waals surface area contributed by atoms with Gasteiger partial charge in [-0.3, -0.25) is 4.79 Å². The molecule has 0 bridgehead atoms. The Morgan fingerprint density at radius 1 is 0.938 bits per heavy atom. The standard InChI is InChI=1S/C24H25NO7/c1-28-17-7-5-14(6-8-17)21-20(22(26)15-9-10-32-13-15)24(27)25(21)16-11-18(29-2)23(31-4)19(12-16)30-3/h5-13,20-22,26H,1-4H3/t20-,21+,22?/m0/s1. The summed E-state index contributed by atoms with van der Waals surface area (Å²) in [5.74, 6) is 1.08. The van der Waals surface area contributed by atoms with E-state index < -0.39 is 18.1 Å². The van der Waals surface area contributed by atoms with Crippen LogP contribution in [0.25, 0.3) is 0 Å². The van der Waals surface area contributed by atoms with Crippen LogP contribution in [0.15, 0.2) is 59.4 Å². The highest BCUT2D eigenvalue weighted by atomic mass is 16.5. The van der Waals surface area contributed by atoms with Crippen LogP contribution in [0.5, 0.6) is 23.0 Å². The second kappa shape index (κ2) is 8.84. The van der Waals surface area contributed by atoms with Gasteiger partial charge in [0.15, 0.2) is 11.5 Å². The van der Waals surface area contributed by atoms with Gasteiger partial charge < -0.3 is 33.4 Å².